The third kappa shape index (κ3) is 8.97. The zero-order valence-corrected chi connectivity index (χ0v) is 16.1. The van der Waals surface area contributed by atoms with Crippen molar-refractivity contribution in [2.24, 2.45) is 5.92 Å². The van der Waals surface area contributed by atoms with Crippen LogP contribution in [0.15, 0.2) is 36.0 Å². The molecule has 0 aliphatic heterocycles. The highest BCUT2D eigenvalue weighted by atomic mass is 16.5. The number of carbonyl (C=O) groups excluding carboxylic acids is 2. The normalized spacial score (nSPS) is 17.2. The molecule has 0 spiro atoms. The fourth-order valence-corrected chi connectivity index (χ4v) is 3.12. The second-order valence-electron chi connectivity index (χ2n) is 6.92. The molecule has 0 saturated carbocycles. The minimum Gasteiger partial charge on any atom is -0.382 e. The fraction of sp³-hybridized carbons (Fsp3) is 0.636. The van der Waals surface area contributed by atoms with Crippen LogP contribution in [0.25, 0.3) is 0 Å². The van der Waals surface area contributed by atoms with Gasteiger partial charge in [-0.3, -0.25) is 9.59 Å². The molecule has 0 aromatic heterocycles. The molecule has 0 bridgehead atoms. The van der Waals surface area contributed by atoms with E-state index in [2.05, 4.69) is 26.0 Å². The molecule has 0 radical (unpaired) electrons. The van der Waals surface area contributed by atoms with E-state index in [1.807, 2.05) is 0 Å². The number of methoxy groups -OCH3 is 1. The molecule has 2 unspecified atom stereocenters. The fourth-order valence-electron chi connectivity index (χ4n) is 3.12. The molecule has 3 nitrogen and oxygen atoms in total. The van der Waals surface area contributed by atoms with Crippen molar-refractivity contribution in [2.45, 2.75) is 77.7 Å². The summed E-state index contributed by atoms with van der Waals surface area (Å²) in [6.07, 6.45) is 18.7. The van der Waals surface area contributed by atoms with Crippen molar-refractivity contribution in [3.05, 3.63) is 36.0 Å². The maximum absolute atomic E-state index is 12.1. The van der Waals surface area contributed by atoms with Crippen LogP contribution in [0.2, 0.25) is 0 Å². The number of hydrogen-bond donors (Lipinski definition) is 0. The van der Waals surface area contributed by atoms with Crippen molar-refractivity contribution in [3.63, 3.8) is 0 Å². The van der Waals surface area contributed by atoms with Gasteiger partial charge in [0.2, 0.25) is 0 Å². The molecule has 25 heavy (non-hydrogen) atoms. The summed E-state index contributed by atoms with van der Waals surface area (Å²) >= 11 is 0. The third-order valence-corrected chi connectivity index (χ3v) is 4.81. The molecule has 0 N–H and O–H groups in total. The summed E-state index contributed by atoms with van der Waals surface area (Å²) in [5.41, 5.74) is 0.714. The van der Waals surface area contributed by atoms with Gasteiger partial charge in [-0.05, 0) is 69.6 Å². The van der Waals surface area contributed by atoms with Gasteiger partial charge < -0.3 is 4.74 Å². The molecule has 1 rings (SSSR count). The summed E-state index contributed by atoms with van der Waals surface area (Å²) in [7, 11) is 1.75. The molecule has 0 aromatic carbocycles. The summed E-state index contributed by atoms with van der Waals surface area (Å²) < 4.78 is 5.25. The van der Waals surface area contributed by atoms with Gasteiger partial charge in [0.15, 0.2) is 11.6 Å². The lowest BCUT2D eigenvalue weighted by Gasteiger charge is -2.19. The lowest BCUT2D eigenvalue weighted by molar-refractivity contribution is -0.115. The highest BCUT2D eigenvalue weighted by molar-refractivity contribution is 6.17. The van der Waals surface area contributed by atoms with Crippen molar-refractivity contribution in [1.29, 1.82) is 0 Å². The quantitative estimate of drug-likeness (QED) is 0.256. The topological polar surface area (TPSA) is 43.4 Å². The maximum atomic E-state index is 12.1. The highest BCUT2D eigenvalue weighted by Gasteiger charge is 2.21. The minimum absolute atomic E-state index is 0.0126. The number of unbranched alkanes of at least 4 members (excludes halogenated alkanes) is 3. The molecule has 140 valence electrons. The van der Waals surface area contributed by atoms with E-state index in [1.165, 1.54) is 25.0 Å². The van der Waals surface area contributed by atoms with Crippen LogP contribution in [0.3, 0.4) is 0 Å². The molecule has 0 heterocycles. The first kappa shape index (κ1) is 21.6. The number of allylic oxidation sites excluding steroid dienone is 6. The Morgan fingerprint density at radius 2 is 1.76 bits per heavy atom. The van der Waals surface area contributed by atoms with E-state index in [4.69, 9.17) is 4.74 Å². The molecule has 0 fully saturated rings. The molecule has 0 aromatic rings. The number of ketones is 2. The van der Waals surface area contributed by atoms with Crippen LogP contribution in [-0.4, -0.2) is 24.8 Å². The number of carbonyl (C=O) groups is 2. The largest absolute Gasteiger partial charge is 0.382 e. The number of rotatable bonds is 13. The van der Waals surface area contributed by atoms with Gasteiger partial charge in [-0.15, -0.1) is 0 Å². The Hall–Kier alpha value is -1.48. The first-order chi connectivity index (χ1) is 12.1. The van der Waals surface area contributed by atoms with Crippen LogP contribution in [0.4, 0.5) is 0 Å². The van der Waals surface area contributed by atoms with Gasteiger partial charge >= 0.3 is 0 Å². The second-order valence-corrected chi connectivity index (χ2v) is 6.92. The van der Waals surface area contributed by atoms with Crippen molar-refractivity contribution in [2.75, 3.05) is 7.11 Å². The number of ether oxygens (including phenoxy) is 1. The Morgan fingerprint density at radius 1 is 1.00 bits per heavy atom. The van der Waals surface area contributed by atoms with Gasteiger partial charge in [0, 0.05) is 12.7 Å². The van der Waals surface area contributed by atoms with Gasteiger partial charge in [-0.1, -0.05) is 38.3 Å². The average molecular weight is 347 g/mol. The van der Waals surface area contributed by atoms with Crippen molar-refractivity contribution in [3.8, 4) is 0 Å². The Labute approximate surface area is 153 Å². The molecule has 1 aliphatic rings. The van der Waals surface area contributed by atoms with Crippen LogP contribution >= 0.6 is 0 Å². The SMILES string of the molecule is CCCCCC(CCC=CCCCC(C)OC)C1=CC(=O)C=CC1=O. The Bertz CT molecular complexity index is 499. The van der Waals surface area contributed by atoms with E-state index in [-0.39, 0.29) is 17.5 Å². The van der Waals surface area contributed by atoms with Crippen molar-refractivity contribution in [1.82, 2.24) is 0 Å². The van der Waals surface area contributed by atoms with Gasteiger partial charge in [0.05, 0.1) is 6.10 Å². The standard InChI is InChI=1S/C22H34O3/c1-4-5-9-13-19(21-17-20(23)15-16-22(21)24)14-11-8-6-7-10-12-18(2)25-3/h6,8,15-19H,4-5,7,9-14H2,1-3H3. The Balaban J connectivity index is 2.46. The van der Waals surface area contributed by atoms with Crippen LogP contribution < -0.4 is 0 Å². The predicted octanol–water partition coefficient (Wildman–Crippen LogP) is 5.36. The van der Waals surface area contributed by atoms with E-state index >= 15 is 0 Å². The molecule has 3 heteroatoms. The van der Waals surface area contributed by atoms with E-state index in [1.54, 1.807) is 13.2 Å². The van der Waals surface area contributed by atoms with Crippen LogP contribution in [0, 0.1) is 5.92 Å². The lowest BCUT2D eigenvalue weighted by atomic mass is 9.84. The first-order valence-corrected chi connectivity index (χ1v) is 9.74. The van der Waals surface area contributed by atoms with Crippen molar-refractivity contribution < 1.29 is 14.3 Å². The van der Waals surface area contributed by atoms with Gasteiger partial charge in [-0.2, -0.15) is 0 Å². The molecule has 1 aliphatic carbocycles. The van der Waals surface area contributed by atoms with E-state index < -0.39 is 0 Å². The number of hydrogen-bond acceptors (Lipinski definition) is 3. The summed E-state index contributed by atoms with van der Waals surface area (Å²) in [4.78, 5) is 23.8. The Kier molecular flexibility index (Phi) is 11.1. The summed E-state index contributed by atoms with van der Waals surface area (Å²) in [6.45, 7) is 4.27. The molecule has 2 atom stereocenters. The first-order valence-electron chi connectivity index (χ1n) is 9.74. The monoisotopic (exact) mass is 346 g/mol. The van der Waals surface area contributed by atoms with E-state index in [0.29, 0.717) is 11.7 Å². The summed E-state index contributed by atoms with van der Waals surface area (Å²) in [5, 5.41) is 0. The smallest absolute Gasteiger partial charge is 0.182 e. The Morgan fingerprint density at radius 3 is 2.48 bits per heavy atom. The molecule has 0 amide bonds. The zero-order chi connectivity index (χ0) is 18.5. The molecule has 0 saturated heterocycles. The van der Waals surface area contributed by atoms with Gasteiger partial charge in [0.25, 0.3) is 0 Å². The van der Waals surface area contributed by atoms with E-state index in [9.17, 15) is 9.59 Å². The van der Waals surface area contributed by atoms with Crippen LogP contribution in [0.1, 0.15) is 71.6 Å². The van der Waals surface area contributed by atoms with Crippen molar-refractivity contribution >= 4 is 11.6 Å². The van der Waals surface area contributed by atoms with Gasteiger partial charge in [0.1, 0.15) is 0 Å². The highest BCUT2D eigenvalue weighted by Crippen LogP contribution is 2.27. The van der Waals surface area contributed by atoms with Crippen LogP contribution in [-0.2, 0) is 14.3 Å². The molecular weight excluding hydrogens is 312 g/mol. The second kappa shape index (κ2) is 12.8. The van der Waals surface area contributed by atoms with E-state index in [0.717, 1.165) is 44.9 Å². The maximum Gasteiger partial charge on any atom is 0.182 e. The predicted molar refractivity (Wildman–Crippen MR) is 104 cm³/mol. The average Bonchev–Trinajstić information content (AvgIpc) is 2.61. The summed E-state index contributed by atoms with van der Waals surface area (Å²) in [6, 6.07) is 0. The third-order valence-electron chi connectivity index (χ3n) is 4.81. The lowest BCUT2D eigenvalue weighted by Crippen LogP contribution is -2.16. The minimum atomic E-state index is -0.0575. The molecular formula is C22H34O3. The van der Waals surface area contributed by atoms with Gasteiger partial charge in [-0.25, -0.2) is 0 Å². The van der Waals surface area contributed by atoms with Crippen LogP contribution in [0.5, 0.6) is 0 Å². The summed E-state index contributed by atoms with van der Waals surface area (Å²) in [5.74, 6) is 0.155. The zero-order valence-electron chi connectivity index (χ0n) is 16.1.